The number of rotatable bonds is 7. The zero-order valence-corrected chi connectivity index (χ0v) is 10.4. The first kappa shape index (κ1) is 13.0. The van der Waals surface area contributed by atoms with E-state index in [2.05, 4.69) is 36.6 Å². The standard InChI is InChI=1S/C13H22N2O/c1-4-14-9-11(2)15-10-12-5-7-13(16-3)8-6-12/h5-8,11,14-15H,4,9-10H2,1-3H3. The van der Waals surface area contributed by atoms with Gasteiger partial charge in [0.05, 0.1) is 7.11 Å². The van der Waals surface area contributed by atoms with Gasteiger partial charge in [-0.2, -0.15) is 0 Å². The lowest BCUT2D eigenvalue weighted by Crippen LogP contribution is -2.35. The number of hydrogen-bond donors (Lipinski definition) is 2. The molecule has 0 saturated carbocycles. The van der Waals surface area contributed by atoms with Crippen LogP contribution in [0, 0.1) is 0 Å². The molecular formula is C13H22N2O. The van der Waals surface area contributed by atoms with Crippen molar-refractivity contribution in [3.05, 3.63) is 29.8 Å². The van der Waals surface area contributed by atoms with Crippen molar-refractivity contribution >= 4 is 0 Å². The highest BCUT2D eigenvalue weighted by Crippen LogP contribution is 2.10. The van der Waals surface area contributed by atoms with E-state index in [1.807, 2.05) is 12.1 Å². The van der Waals surface area contributed by atoms with E-state index < -0.39 is 0 Å². The molecule has 1 aromatic carbocycles. The van der Waals surface area contributed by atoms with Gasteiger partial charge in [0.1, 0.15) is 5.75 Å². The van der Waals surface area contributed by atoms with Crippen LogP contribution in [0.25, 0.3) is 0 Å². The minimum absolute atomic E-state index is 0.488. The lowest BCUT2D eigenvalue weighted by molar-refractivity contribution is 0.414. The van der Waals surface area contributed by atoms with Crippen LogP contribution in [0.15, 0.2) is 24.3 Å². The Bertz CT molecular complexity index is 284. The number of benzene rings is 1. The molecule has 1 atom stereocenters. The molecule has 0 heterocycles. The molecule has 0 saturated heterocycles. The smallest absolute Gasteiger partial charge is 0.118 e. The predicted molar refractivity (Wildman–Crippen MR) is 67.8 cm³/mol. The van der Waals surface area contributed by atoms with Crippen LogP contribution in [0.2, 0.25) is 0 Å². The second kappa shape index (κ2) is 7.25. The number of hydrogen-bond acceptors (Lipinski definition) is 3. The Morgan fingerprint density at radius 2 is 1.94 bits per heavy atom. The zero-order chi connectivity index (χ0) is 11.8. The lowest BCUT2D eigenvalue weighted by Gasteiger charge is -2.14. The summed E-state index contributed by atoms with van der Waals surface area (Å²) in [6.07, 6.45) is 0. The molecule has 0 fully saturated rings. The fraction of sp³-hybridized carbons (Fsp3) is 0.538. The second-order valence-corrected chi connectivity index (χ2v) is 3.94. The third-order valence-electron chi connectivity index (χ3n) is 2.51. The molecule has 0 bridgehead atoms. The normalized spacial score (nSPS) is 12.4. The van der Waals surface area contributed by atoms with Crippen molar-refractivity contribution in [3.63, 3.8) is 0 Å². The predicted octanol–water partition coefficient (Wildman–Crippen LogP) is 1.78. The monoisotopic (exact) mass is 222 g/mol. The molecule has 0 aliphatic heterocycles. The van der Waals surface area contributed by atoms with E-state index in [-0.39, 0.29) is 0 Å². The fourth-order valence-electron chi connectivity index (χ4n) is 1.47. The summed E-state index contributed by atoms with van der Waals surface area (Å²) in [5.74, 6) is 0.907. The third kappa shape index (κ3) is 4.64. The van der Waals surface area contributed by atoms with Gasteiger partial charge in [-0.25, -0.2) is 0 Å². The van der Waals surface area contributed by atoms with Crippen LogP contribution in [0.4, 0.5) is 0 Å². The van der Waals surface area contributed by atoms with Crippen LogP contribution in [-0.2, 0) is 6.54 Å². The maximum atomic E-state index is 5.12. The minimum atomic E-state index is 0.488. The average Bonchev–Trinajstić information content (AvgIpc) is 2.34. The van der Waals surface area contributed by atoms with Gasteiger partial charge >= 0.3 is 0 Å². The first-order chi connectivity index (χ1) is 7.76. The summed E-state index contributed by atoms with van der Waals surface area (Å²) >= 11 is 0. The summed E-state index contributed by atoms with van der Waals surface area (Å²) in [6, 6.07) is 8.65. The molecule has 16 heavy (non-hydrogen) atoms. The van der Waals surface area contributed by atoms with E-state index >= 15 is 0 Å². The van der Waals surface area contributed by atoms with E-state index in [1.165, 1.54) is 5.56 Å². The second-order valence-electron chi connectivity index (χ2n) is 3.94. The van der Waals surface area contributed by atoms with Gasteiger partial charge in [-0.3, -0.25) is 0 Å². The summed E-state index contributed by atoms with van der Waals surface area (Å²) in [7, 11) is 1.69. The van der Waals surface area contributed by atoms with Crippen LogP contribution < -0.4 is 15.4 Å². The molecule has 0 aromatic heterocycles. The molecule has 2 N–H and O–H groups in total. The van der Waals surface area contributed by atoms with E-state index in [4.69, 9.17) is 4.74 Å². The third-order valence-corrected chi connectivity index (χ3v) is 2.51. The van der Waals surface area contributed by atoms with Crippen molar-refractivity contribution < 1.29 is 4.74 Å². The Labute approximate surface area is 98.2 Å². The van der Waals surface area contributed by atoms with Gasteiger partial charge < -0.3 is 15.4 Å². The molecule has 1 rings (SSSR count). The van der Waals surface area contributed by atoms with E-state index in [9.17, 15) is 0 Å². The average molecular weight is 222 g/mol. The lowest BCUT2D eigenvalue weighted by atomic mass is 10.2. The highest BCUT2D eigenvalue weighted by atomic mass is 16.5. The zero-order valence-electron chi connectivity index (χ0n) is 10.4. The summed E-state index contributed by atoms with van der Waals surface area (Å²) < 4.78 is 5.12. The SMILES string of the molecule is CCNCC(C)NCc1ccc(OC)cc1. The molecule has 1 aromatic rings. The van der Waals surface area contributed by atoms with Crippen molar-refractivity contribution in [2.45, 2.75) is 26.4 Å². The Morgan fingerprint density at radius 1 is 1.25 bits per heavy atom. The molecule has 0 amide bonds. The largest absolute Gasteiger partial charge is 0.497 e. The Kier molecular flexibility index (Phi) is 5.90. The van der Waals surface area contributed by atoms with Crippen molar-refractivity contribution in [3.8, 4) is 5.75 Å². The Morgan fingerprint density at radius 3 is 2.50 bits per heavy atom. The quantitative estimate of drug-likeness (QED) is 0.738. The van der Waals surface area contributed by atoms with Gasteiger partial charge in [-0.05, 0) is 31.2 Å². The van der Waals surface area contributed by atoms with E-state index in [1.54, 1.807) is 7.11 Å². The summed E-state index contributed by atoms with van der Waals surface area (Å²) in [4.78, 5) is 0. The van der Waals surface area contributed by atoms with Crippen molar-refractivity contribution in [1.29, 1.82) is 0 Å². The number of methoxy groups -OCH3 is 1. The van der Waals surface area contributed by atoms with E-state index in [0.717, 1.165) is 25.4 Å². The van der Waals surface area contributed by atoms with Gasteiger partial charge in [-0.1, -0.05) is 19.1 Å². The van der Waals surface area contributed by atoms with Gasteiger partial charge in [0.2, 0.25) is 0 Å². The first-order valence-corrected chi connectivity index (χ1v) is 5.83. The summed E-state index contributed by atoms with van der Waals surface area (Å²) in [5.41, 5.74) is 1.28. The van der Waals surface area contributed by atoms with Gasteiger partial charge in [0, 0.05) is 19.1 Å². The topological polar surface area (TPSA) is 33.3 Å². The maximum Gasteiger partial charge on any atom is 0.118 e. The van der Waals surface area contributed by atoms with Crippen molar-refractivity contribution in [2.75, 3.05) is 20.2 Å². The van der Waals surface area contributed by atoms with E-state index in [0.29, 0.717) is 6.04 Å². The first-order valence-electron chi connectivity index (χ1n) is 5.83. The number of ether oxygens (including phenoxy) is 1. The molecule has 0 radical (unpaired) electrons. The summed E-state index contributed by atoms with van der Waals surface area (Å²) in [6.45, 7) is 7.24. The molecule has 1 unspecified atom stereocenters. The van der Waals surface area contributed by atoms with Gasteiger partial charge in [0.15, 0.2) is 0 Å². The highest BCUT2D eigenvalue weighted by molar-refractivity contribution is 5.27. The Hall–Kier alpha value is -1.06. The summed E-state index contributed by atoms with van der Waals surface area (Å²) in [5, 5.41) is 6.79. The van der Waals surface area contributed by atoms with Crippen LogP contribution in [0.1, 0.15) is 19.4 Å². The maximum absolute atomic E-state index is 5.12. The minimum Gasteiger partial charge on any atom is -0.497 e. The number of likely N-dealkylation sites (N-methyl/N-ethyl adjacent to an activating group) is 1. The fourth-order valence-corrected chi connectivity index (χ4v) is 1.47. The molecule has 0 aliphatic rings. The Balaban J connectivity index is 2.30. The molecular weight excluding hydrogens is 200 g/mol. The molecule has 3 heteroatoms. The van der Waals surface area contributed by atoms with Crippen LogP contribution in [-0.4, -0.2) is 26.2 Å². The van der Waals surface area contributed by atoms with Crippen molar-refractivity contribution in [2.24, 2.45) is 0 Å². The van der Waals surface area contributed by atoms with Crippen molar-refractivity contribution in [1.82, 2.24) is 10.6 Å². The molecule has 0 aliphatic carbocycles. The van der Waals surface area contributed by atoms with Crippen LogP contribution in [0.3, 0.4) is 0 Å². The van der Waals surface area contributed by atoms with Crippen LogP contribution >= 0.6 is 0 Å². The molecule has 3 nitrogen and oxygen atoms in total. The number of nitrogens with one attached hydrogen (secondary N) is 2. The van der Waals surface area contributed by atoms with Crippen LogP contribution in [0.5, 0.6) is 5.75 Å². The molecule has 90 valence electrons. The molecule has 0 spiro atoms. The van der Waals surface area contributed by atoms with Gasteiger partial charge in [-0.15, -0.1) is 0 Å². The highest BCUT2D eigenvalue weighted by Gasteiger charge is 2.00. The van der Waals surface area contributed by atoms with Gasteiger partial charge in [0.25, 0.3) is 0 Å².